The number of nitrogens with zero attached hydrogens (tertiary/aromatic N) is 1. The average molecular weight is 421 g/mol. The Hall–Kier alpha value is -0.300. The Morgan fingerprint density at radius 1 is 1.43 bits per heavy atom. The number of halogens is 1. The van der Waals surface area contributed by atoms with Crippen LogP contribution in [0.4, 0.5) is 0 Å². The van der Waals surface area contributed by atoms with Crippen molar-refractivity contribution >= 4 is 41.3 Å². The Morgan fingerprint density at radius 3 is 2.86 bits per heavy atom. The Bertz CT molecular complexity index is 402. The maximum Gasteiger partial charge on any atom is 0.191 e. The first kappa shape index (κ1) is 18.7. The van der Waals surface area contributed by atoms with Crippen LogP contribution < -0.4 is 10.6 Å². The monoisotopic (exact) mass is 421 g/mol. The molecule has 2 rings (SSSR count). The molecule has 0 amide bonds. The van der Waals surface area contributed by atoms with Crippen LogP contribution in [0.15, 0.2) is 22.5 Å². The lowest BCUT2D eigenvalue weighted by Gasteiger charge is -2.13. The zero-order valence-corrected chi connectivity index (χ0v) is 16.2. The topological polar surface area (TPSA) is 36.4 Å². The molecular weight excluding hydrogens is 393 g/mol. The minimum atomic E-state index is 0. The summed E-state index contributed by atoms with van der Waals surface area (Å²) in [6, 6.07) is 4.34. The SMILES string of the molecule is CCNC(=NCC(C)Cc1cccs1)NCCC1CC1.I. The zero-order chi connectivity index (χ0) is 14.2. The molecule has 1 fully saturated rings. The first-order chi connectivity index (χ1) is 9.78. The van der Waals surface area contributed by atoms with Gasteiger partial charge in [-0.25, -0.2) is 0 Å². The summed E-state index contributed by atoms with van der Waals surface area (Å²) in [7, 11) is 0. The van der Waals surface area contributed by atoms with Gasteiger partial charge in [0, 0.05) is 24.5 Å². The average Bonchev–Trinajstić information content (AvgIpc) is 3.12. The van der Waals surface area contributed by atoms with Gasteiger partial charge in [0.15, 0.2) is 5.96 Å². The van der Waals surface area contributed by atoms with Crippen molar-refractivity contribution in [3.8, 4) is 0 Å². The minimum Gasteiger partial charge on any atom is -0.357 e. The molecule has 0 bridgehead atoms. The van der Waals surface area contributed by atoms with Crippen LogP contribution in [-0.4, -0.2) is 25.6 Å². The molecule has 1 aliphatic rings. The Labute approximate surface area is 150 Å². The molecule has 3 nitrogen and oxygen atoms in total. The first-order valence-corrected chi connectivity index (χ1v) is 8.70. The van der Waals surface area contributed by atoms with Crippen molar-refractivity contribution in [3.63, 3.8) is 0 Å². The van der Waals surface area contributed by atoms with Crippen LogP contribution in [0.2, 0.25) is 0 Å². The maximum atomic E-state index is 4.71. The smallest absolute Gasteiger partial charge is 0.191 e. The summed E-state index contributed by atoms with van der Waals surface area (Å²) in [5, 5.41) is 8.93. The lowest BCUT2D eigenvalue weighted by atomic mass is 10.1. The summed E-state index contributed by atoms with van der Waals surface area (Å²) in [6.45, 7) is 7.26. The van der Waals surface area contributed by atoms with Crippen LogP contribution in [0.5, 0.6) is 0 Å². The number of guanidine groups is 1. The predicted molar refractivity (Wildman–Crippen MR) is 104 cm³/mol. The van der Waals surface area contributed by atoms with Crippen molar-refractivity contribution in [2.45, 2.75) is 39.5 Å². The molecule has 1 aromatic rings. The van der Waals surface area contributed by atoms with Gasteiger partial charge in [-0.15, -0.1) is 35.3 Å². The summed E-state index contributed by atoms with van der Waals surface area (Å²) in [6.07, 6.45) is 5.26. The molecule has 120 valence electrons. The summed E-state index contributed by atoms with van der Waals surface area (Å²) in [5.41, 5.74) is 0. The van der Waals surface area contributed by atoms with Gasteiger partial charge in [0.1, 0.15) is 0 Å². The Morgan fingerprint density at radius 2 is 2.24 bits per heavy atom. The van der Waals surface area contributed by atoms with Gasteiger partial charge in [0.05, 0.1) is 0 Å². The van der Waals surface area contributed by atoms with Gasteiger partial charge in [-0.05, 0) is 43.0 Å². The second-order valence-corrected chi connectivity index (χ2v) is 6.80. The fourth-order valence-electron chi connectivity index (χ4n) is 2.23. The van der Waals surface area contributed by atoms with Crippen molar-refractivity contribution in [1.82, 2.24) is 10.6 Å². The van der Waals surface area contributed by atoms with E-state index in [1.54, 1.807) is 0 Å². The molecule has 0 radical (unpaired) electrons. The van der Waals surface area contributed by atoms with Crippen LogP contribution in [-0.2, 0) is 6.42 Å². The number of thiophene rings is 1. The van der Waals surface area contributed by atoms with Gasteiger partial charge in [-0.1, -0.05) is 25.8 Å². The van der Waals surface area contributed by atoms with Gasteiger partial charge >= 0.3 is 0 Å². The largest absolute Gasteiger partial charge is 0.357 e. The van der Waals surface area contributed by atoms with Crippen LogP contribution in [0.25, 0.3) is 0 Å². The van der Waals surface area contributed by atoms with Crippen molar-refractivity contribution in [2.24, 2.45) is 16.8 Å². The third-order valence-electron chi connectivity index (χ3n) is 3.58. The number of hydrogen-bond acceptors (Lipinski definition) is 2. The van der Waals surface area contributed by atoms with Crippen molar-refractivity contribution in [2.75, 3.05) is 19.6 Å². The van der Waals surface area contributed by atoms with E-state index in [1.165, 1.54) is 24.1 Å². The maximum absolute atomic E-state index is 4.71. The molecule has 5 heteroatoms. The summed E-state index contributed by atoms with van der Waals surface area (Å²) >= 11 is 1.84. The highest BCUT2D eigenvalue weighted by Crippen LogP contribution is 2.31. The summed E-state index contributed by atoms with van der Waals surface area (Å²) in [5.74, 6) is 2.54. The van der Waals surface area contributed by atoms with E-state index in [-0.39, 0.29) is 24.0 Å². The van der Waals surface area contributed by atoms with E-state index in [0.29, 0.717) is 5.92 Å². The highest BCUT2D eigenvalue weighted by molar-refractivity contribution is 14.0. The van der Waals surface area contributed by atoms with Crippen LogP contribution >= 0.6 is 35.3 Å². The van der Waals surface area contributed by atoms with E-state index >= 15 is 0 Å². The van der Waals surface area contributed by atoms with E-state index in [2.05, 4.69) is 42.0 Å². The number of nitrogens with one attached hydrogen (secondary N) is 2. The Balaban J connectivity index is 0.00000220. The number of hydrogen-bond donors (Lipinski definition) is 2. The summed E-state index contributed by atoms with van der Waals surface area (Å²) in [4.78, 5) is 6.17. The molecule has 1 aliphatic carbocycles. The van der Waals surface area contributed by atoms with E-state index < -0.39 is 0 Å². The third-order valence-corrected chi connectivity index (χ3v) is 4.48. The van der Waals surface area contributed by atoms with Gasteiger partial charge in [0.25, 0.3) is 0 Å². The Kier molecular flexibility index (Phi) is 9.31. The molecule has 1 atom stereocenters. The lowest BCUT2D eigenvalue weighted by Crippen LogP contribution is -2.38. The zero-order valence-electron chi connectivity index (χ0n) is 13.1. The second kappa shape index (κ2) is 10.4. The fourth-order valence-corrected chi connectivity index (χ4v) is 3.10. The van der Waals surface area contributed by atoms with Gasteiger partial charge < -0.3 is 10.6 Å². The van der Waals surface area contributed by atoms with Gasteiger partial charge in [0.2, 0.25) is 0 Å². The van der Waals surface area contributed by atoms with E-state index in [0.717, 1.165) is 37.9 Å². The van der Waals surface area contributed by atoms with Crippen LogP contribution in [0.3, 0.4) is 0 Å². The number of rotatable bonds is 8. The normalized spacial score (nSPS) is 16.2. The van der Waals surface area contributed by atoms with E-state index in [4.69, 9.17) is 4.99 Å². The molecule has 1 saturated carbocycles. The standard InChI is InChI=1S/C16H27N3S.HI/c1-3-17-16(18-9-8-14-6-7-14)19-12-13(2)11-15-5-4-10-20-15;/h4-5,10,13-14H,3,6-9,11-12H2,1-2H3,(H2,17,18,19);1H. The first-order valence-electron chi connectivity index (χ1n) is 7.82. The third kappa shape index (κ3) is 8.04. The van der Waals surface area contributed by atoms with E-state index in [1.807, 2.05) is 11.3 Å². The molecule has 1 unspecified atom stereocenters. The molecule has 0 aromatic carbocycles. The predicted octanol–water partition coefficient (Wildman–Crippen LogP) is 3.90. The molecule has 1 aromatic heterocycles. The van der Waals surface area contributed by atoms with Gasteiger partial charge in [-0.2, -0.15) is 0 Å². The summed E-state index contributed by atoms with van der Waals surface area (Å²) < 4.78 is 0. The highest BCUT2D eigenvalue weighted by atomic mass is 127. The lowest BCUT2D eigenvalue weighted by molar-refractivity contribution is 0.593. The van der Waals surface area contributed by atoms with Gasteiger partial charge in [-0.3, -0.25) is 4.99 Å². The molecule has 0 aliphatic heterocycles. The van der Waals surface area contributed by atoms with Crippen molar-refractivity contribution < 1.29 is 0 Å². The molecule has 0 saturated heterocycles. The quantitative estimate of drug-likeness (QED) is 0.380. The van der Waals surface area contributed by atoms with Crippen LogP contribution in [0, 0.1) is 11.8 Å². The molecule has 1 heterocycles. The highest BCUT2D eigenvalue weighted by Gasteiger charge is 2.20. The number of aliphatic imine (C=N–C) groups is 1. The van der Waals surface area contributed by atoms with Crippen LogP contribution in [0.1, 0.15) is 38.0 Å². The van der Waals surface area contributed by atoms with E-state index in [9.17, 15) is 0 Å². The fraction of sp³-hybridized carbons (Fsp3) is 0.688. The molecular formula is C16H28IN3S. The van der Waals surface area contributed by atoms with Crippen molar-refractivity contribution in [3.05, 3.63) is 22.4 Å². The second-order valence-electron chi connectivity index (χ2n) is 5.77. The molecule has 2 N–H and O–H groups in total. The molecule has 0 spiro atoms. The van der Waals surface area contributed by atoms with Crippen molar-refractivity contribution in [1.29, 1.82) is 0 Å². The minimum absolute atomic E-state index is 0. The molecule has 21 heavy (non-hydrogen) atoms.